The van der Waals surface area contributed by atoms with Crippen LogP contribution in [0, 0.1) is 5.92 Å². The zero-order valence-electron chi connectivity index (χ0n) is 12.1. The minimum absolute atomic E-state index is 0.346. The Balaban J connectivity index is 1.61. The lowest BCUT2D eigenvalue weighted by Crippen LogP contribution is -2.49. The standard InChI is InChI=1S/C14H27N3O2/c1-19-11-10-16-6-8-17(9-7-16)14(18)3-2-13-4-5-15-12-13/h13,15H,2-12H2,1H3. The van der Waals surface area contributed by atoms with E-state index in [0.717, 1.165) is 65.3 Å². The van der Waals surface area contributed by atoms with Crippen molar-refractivity contribution in [3.8, 4) is 0 Å². The van der Waals surface area contributed by atoms with Gasteiger partial charge in [0.25, 0.3) is 0 Å². The van der Waals surface area contributed by atoms with E-state index in [2.05, 4.69) is 10.2 Å². The molecule has 2 aliphatic heterocycles. The van der Waals surface area contributed by atoms with E-state index in [9.17, 15) is 4.79 Å². The molecule has 1 N–H and O–H groups in total. The first-order valence-corrected chi connectivity index (χ1v) is 7.49. The van der Waals surface area contributed by atoms with Crippen molar-refractivity contribution < 1.29 is 9.53 Å². The van der Waals surface area contributed by atoms with Crippen molar-refractivity contribution in [3.05, 3.63) is 0 Å². The second-order valence-electron chi connectivity index (χ2n) is 5.61. The molecule has 0 radical (unpaired) electrons. The first kappa shape index (κ1) is 14.8. The molecule has 2 fully saturated rings. The molecule has 0 aliphatic carbocycles. The van der Waals surface area contributed by atoms with Gasteiger partial charge in [0.1, 0.15) is 0 Å². The van der Waals surface area contributed by atoms with Crippen LogP contribution in [0.1, 0.15) is 19.3 Å². The molecule has 0 saturated carbocycles. The van der Waals surface area contributed by atoms with Crippen molar-refractivity contribution in [1.29, 1.82) is 0 Å². The Morgan fingerprint density at radius 1 is 1.32 bits per heavy atom. The van der Waals surface area contributed by atoms with E-state index in [1.807, 2.05) is 4.90 Å². The van der Waals surface area contributed by atoms with Crippen LogP contribution in [0.4, 0.5) is 0 Å². The Kier molecular flexibility index (Phi) is 6.07. The summed E-state index contributed by atoms with van der Waals surface area (Å²) >= 11 is 0. The Bertz CT molecular complexity index is 272. The van der Waals surface area contributed by atoms with Crippen LogP contribution in [0.15, 0.2) is 0 Å². The van der Waals surface area contributed by atoms with E-state index >= 15 is 0 Å². The van der Waals surface area contributed by atoms with E-state index in [-0.39, 0.29) is 0 Å². The van der Waals surface area contributed by atoms with Crippen molar-refractivity contribution in [2.75, 3.05) is 59.5 Å². The van der Waals surface area contributed by atoms with Crippen LogP contribution in [0.5, 0.6) is 0 Å². The number of methoxy groups -OCH3 is 1. The third kappa shape index (κ3) is 4.75. The van der Waals surface area contributed by atoms with E-state index in [4.69, 9.17) is 4.74 Å². The van der Waals surface area contributed by atoms with Gasteiger partial charge in [-0.05, 0) is 31.8 Å². The molecule has 2 rings (SSSR count). The van der Waals surface area contributed by atoms with Crippen molar-refractivity contribution in [3.63, 3.8) is 0 Å². The van der Waals surface area contributed by atoms with Gasteiger partial charge in [-0.2, -0.15) is 0 Å². The second-order valence-corrected chi connectivity index (χ2v) is 5.61. The fourth-order valence-corrected chi connectivity index (χ4v) is 2.89. The van der Waals surface area contributed by atoms with Crippen molar-refractivity contribution >= 4 is 5.91 Å². The minimum atomic E-state index is 0.346. The monoisotopic (exact) mass is 269 g/mol. The maximum absolute atomic E-state index is 12.1. The maximum atomic E-state index is 12.1. The highest BCUT2D eigenvalue weighted by molar-refractivity contribution is 5.76. The van der Waals surface area contributed by atoms with Gasteiger partial charge in [-0.1, -0.05) is 0 Å². The average molecular weight is 269 g/mol. The van der Waals surface area contributed by atoms with E-state index in [1.165, 1.54) is 6.42 Å². The van der Waals surface area contributed by atoms with Gasteiger partial charge < -0.3 is 15.0 Å². The van der Waals surface area contributed by atoms with E-state index in [1.54, 1.807) is 7.11 Å². The van der Waals surface area contributed by atoms with Crippen molar-refractivity contribution in [2.24, 2.45) is 5.92 Å². The normalized spacial score (nSPS) is 24.9. The van der Waals surface area contributed by atoms with Crippen molar-refractivity contribution in [2.45, 2.75) is 19.3 Å². The van der Waals surface area contributed by atoms with E-state index < -0.39 is 0 Å². The van der Waals surface area contributed by atoms with Crippen LogP contribution in [0.25, 0.3) is 0 Å². The predicted octanol–water partition coefficient (Wildman–Crippen LogP) is 0.167. The highest BCUT2D eigenvalue weighted by Gasteiger charge is 2.22. The molecule has 2 heterocycles. The molecule has 2 aliphatic rings. The number of carbonyl (C=O) groups is 1. The fourth-order valence-electron chi connectivity index (χ4n) is 2.89. The summed E-state index contributed by atoms with van der Waals surface area (Å²) in [5, 5.41) is 3.36. The summed E-state index contributed by atoms with van der Waals surface area (Å²) in [6.07, 6.45) is 3.01. The zero-order chi connectivity index (χ0) is 13.5. The number of rotatable bonds is 6. The Morgan fingerprint density at radius 2 is 2.11 bits per heavy atom. The first-order chi connectivity index (χ1) is 9.29. The Labute approximate surface area is 116 Å². The summed E-state index contributed by atoms with van der Waals surface area (Å²) in [6, 6.07) is 0. The molecule has 2 saturated heterocycles. The van der Waals surface area contributed by atoms with Crippen LogP contribution in [-0.4, -0.2) is 75.2 Å². The molecule has 1 unspecified atom stereocenters. The molecule has 1 amide bonds. The number of carbonyl (C=O) groups excluding carboxylic acids is 1. The molecule has 0 spiro atoms. The zero-order valence-corrected chi connectivity index (χ0v) is 12.1. The summed E-state index contributed by atoms with van der Waals surface area (Å²) in [7, 11) is 1.73. The molecular formula is C14H27N3O2. The van der Waals surface area contributed by atoms with Crippen LogP contribution in [-0.2, 0) is 9.53 Å². The largest absolute Gasteiger partial charge is 0.383 e. The Hall–Kier alpha value is -0.650. The van der Waals surface area contributed by atoms with Gasteiger partial charge in [-0.3, -0.25) is 9.69 Å². The molecule has 0 aromatic rings. The molecule has 19 heavy (non-hydrogen) atoms. The summed E-state index contributed by atoms with van der Waals surface area (Å²) in [6.45, 7) is 7.71. The number of hydrogen-bond acceptors (Lipinski definition) is 4. The minimum Gasteiger partial charge on any atom is -0.383 e. The van der Waals surface area contributed by atoms with E-state index in [0.29, 0.717) is 11.8 Å². The van der Waals surface area contributed by atoms with Gasteiger partial charge in [0.2, 0.25) is 5.91 Å². The quantitative estimate of drug-likeness (QED) is 0.746. The van der Waals surface area contributed by atoms with Gasteiger partial charge in [0, 0.05) is 46.3 Å². The van der Waals surface area contributed by atoms with Crippen molar-refractivity contribution in [1.82, 2.24) is 15.1 Å². The number of nitrogens with one attached hydrogen (secondary N) is 1. The number of amides is 1. The number of nitrogens with zero attached hydrogens (tertiary/aromatic N) is 2. The number of ether oxygens (including phenoxy) is 1. The summed E-state index contributed by atoms with van der Waals surface area (Å²) in [5.41, 5.74) is 0. The van der Waals surface area contributed by atoms with Gasteiger partial charge in [0.05, 0.1) is 6.61 Å². The summed E-state index contributed by atoms with van der Waals surface area (Å²) in [4.78, 5) is 16.5. The fraction of sp³-hybridized carbons (Fsp3) is 0.929. The lowest BCUT2D eigenvalue weighted by molar-refractivity contribution is -0.133. The molecule has 0 aromatic heterocycles. The summed E-state index contributed by atoms with van der Waals surface area (Å²) < 4.78 is 5.09. The maximum Gasteiger partial charge on any atom is 0.222 e. The molecule has 0 aromatic carbocycles. The average Bonchev–Trinajstić information content (AvgIpc) is 2.96. The predicted molar refractivity (Wildman–Crippen MR) is 75.1 cm³/mol. The highest BCUT2D eigenvalue weighted by atomic mass is 16.5. The molecule has 5 heteroatoms. The molecule has 110 valence electrons. The van der Waals surface area contributed by atoms with Gasteiger partial charge in [-0.15, -0.1) is 0 Å². The molecular weight excluding hydrogens is 242 g/mol. The first-order valence-electron chi connectivity index (χ1n) is 7.49. The summed E-state index contributed by atoms with van der Waals surface area (Å²) in [5.74, 6) is 1.06. The SMILES string of the molecule is COCCN1CCN(C(=O)CCC2CCNC2)CC1. The second kappa shape index (κ2) is 7.82. The van der Waals surface area contributed by atoms with Gasteiger partial charge in [-0.25, -0.2) is 0 Å². The van der Waals surface area contributed by atoms with Gasteiger partial charge in [0.15, 0.2) is 0 Å². The molecule has 0 bridgehead atoms. The van der Waals surface area contributed by atoms with Crippen LogP contribution < -0.4 is 5.32 Å². The lowest BCUT2D eigenvalue weighted by atomic mass is 10.0. The number of hydrogen-bond donors (Lipinski definition) is 1. The lowest BCUT2D eigenvalue weighted by Gasteiger charge is -2.34. The highest BCUT2D eigenvalue weighted by Crippen LogP contribution is 2.15. The molecule has 5 nitrogen and oxygen atoms in total. The Morgan fingerprint density at radius 3 is 2.74 bits per heavy atom. The third-order valence-corrected chi connectivity index (χ3v) is 4.27. The smallest absolute Gasteiger partial charge is 0.222 e. The van der Waals surface area contributed by atoms with Crippen LogP contribution in [0.2, 0.25) is 0 Å². The van der Waals surface area contributed by atoms with Gasteiger partial charge >= 0.3 is 0 Å². The number of piperazine rings is 1. The topological polar surface area (TPSA) is 44.8 Å². The van der Waals surface area contributed by atoms with Crippen LogP contribution in [0.3, 0.4) is 0 Å². The third-order valence-electron chi connectivity index (χ3n) is 4.27. The molecule has 1 atom stereocenters. The van der Waals surface area contributed by atoms with Crippen LogP contribution >= 0.6 is 0 Å².